The Morgan fingerprint density at radius 3 is 2.86 bits per heavy atom. The molecule has 2 rings (SSSR count). The fourth-order valence-corrected chi connectivity index (χ4v) is 1.59. The average molecular weight is 191 g/mol. The SMILES string of the molecule is Cc1nc(NCC2CC2C)ccc1N. The smallest absolute Gasteiger partial charge is 0.126 e. The number of nitrogen functional groups attached to an aromatic ring is 1. The van der Waals surface area contributed by atoms with E-state index < -0.39 is 0 Å². The number of nitrogens with two attached hydrogens (primary N) is 1. The molecular weight excluding hydrogens is 174 g/mol. The van der Waals surface area contributed by atoms with Crippen molar-refractivity contribution in [3.05, 3.63) is 17.8 Å². The summed E-state index contributed by atoms with van der Waals surface area (Å²) in [6.07, 6.45) is 1.35. The first-order valence-corrected chi connectivity index (χ1v) is 5.14. The Morgan fingerprint density at radius 2 is 2.29 bits per heavy atom. The summed E-state index contributed by atoms with van der Waals surface area (Å²) in [5, 5.41) is 3.34. The van der Waals surface area contributed by atoms with Gasteiger partial charge in [0, 0.05) is 6.54 Å². The number of hydrogen-bond donors (Lipinski definition) is 2. The molecule has 76 valence electrons. The van der Waals surface area contributed by atoms with Gasteiger partial charge < -0.3 is 11.1 Å². The highest BCUT2D eigenvalue weighted by Crippen LogP contribution is 2.37. The maximum absolute atomic E-state index is 5.69. The molecule has 0 saturated heterocycles. The molecule has 1 aliphatic rings. The first-order valence-electron chi connectivity index (χ1n) is 5.14. The van der Waals surface area contributed by atoms with Crippen LogP contribution in [0.2, 0.25) is 0 Å². The van der Waals surface area contributed by atoms with Gasteiger partial charge in [-0.1, -0.05) is 6.92 Å². The molecular formula is C11H17N3. The summed E-state index contributed by atoms with van der Waals surface area (Å²) >= 11 is 0. The summed E-state index contributed by atoms with van der Waals surface area (Å²) < 4.78 is 0. The molecule has 2 atom stereocenters. The maximum atomic E-state index is 5.69. The molecule has 0 aromatic carbocycles. The number of pyridine rings is 1. The Balaban J connectivity index is 1.92. The quantitative estimate of drug-likeness (QED) is 0.768. The lowest BCUT2D eigenvalue weighted by molar-refractivity contribution is 0.784. The van der Waals surface area contributed by atoms with Crippen molar-refractivity contribution in [2.24, 2.45) is 11.8 Å². The van der Waals surface area contributed by atoms with Crippen LogP contribution < -0.4 is 11.1 Å². The number of nitrogens with one attached hydrogen (secondary N) is 1. The van der Waals surface area contributed by atoms with Crippen LogP contribution in [0.4, 0.5) is 11.5 Å². The van der Waals surface area contributed by atoms with Gasteiger partial charge in [-0.05, 0) is 37.3 Å². The Morgan fingerprint density at radius 1 is 1.57 bits per heavy atom. The summed E-state index contributed by atoms with van der Waals surface area (Å²) in [5.41, 5.74) is 7.35. The van der Waals surface area contributed by atoms with Crippen molar-refractivity contribution in [3.8, 4) is 0 Å². The topological polar surface area (TPSA) is 50.9 Å². The van der Waals surface area contributed by atoms with Crippen LogP contribution in [0.5, 0.6) is 0 Å². The average Bonchev–Trinajstić information content (AvgIpc) is 2.85. The van der Waals surface area contributed by atoms with Crippen molar-refractivity contribution in [3.63, 3.8) is 0 Å². The molecule has 0 amide bonds. The fourth-order valence-electron chi connectivity index (χ4n) is 1.59. The van der Waals surface area contributed by atoms with Crippen LogP contribution in [0.25, 0.3) is 0 Å². The minimum absolute atomic E-state index is 0.760. The van der Waals surface area contributed by atoms with E-state index >= 15 is 0 Å². The number of anilines is 2. The van der Waals surface area contributed by atoms with E-state index in [1.54, 1.807) is 0 Å². The van der Waals surface area contributed by atoms with Crippen molar-refractivity contribution in [1.29, 1.82) is 0 Å². The van der Waals surface area contributed by atoms with Gasteiger partial charge in [-0.2, -0.15) is 0 Å². The molecule has 2 unspecified atom stereocenters. The highest BCUT2D eigenvalue weighted by molar-refractivity contribution is 5.49. The van der Waals surface area contributed by atoms with E-state index in [0.29, 0.717) is 0 Å². The van der Waals surface area contributed by atoms with Gasteiger partial charge in [0.1, 0.15) is 5.82 Å². The zero-order valence-electron chi connectivity index (χ0n) is 8.75. The standard InChI is InChI=1S/C11H17N3/c1-7-5-9(7)6-13-11-4-3-10(12)8(2)14-11/h3-4,7,9H,5-6,12H2,1-2H3,(H,13,14). The van der Waals surface area contributed by atoms with E-state index in [9.17, 15) is 0 Å². The molecule has 3 heteroatoms. The largest absolute Gasteiger partial charge is 0.397 e. The summed E-state index contributed by atoms with van der Waals surface area (Å²) in [5.74, 6) is 2.67. The highest BCUT2D eigenvalue weighted by atomic mass is 15.0. The second-order valence-electron chi connectivity index (χ2n) is 4.23. The summed E-state index contributed by atoms with van der Waals surface area (Å²) in [6, 6.07) is 3.84. The second-order valence-corrected chi connectivity index (χ2v) is 4.23. The van der Waals surface area contributed by atoms with Crippen LogP contribution in [0.3, 0.4) is 0 Å². The predicted octanol–water partition coefficient (Wildman–Crippen LogP) is 2.04. The lowest BCUT2D eigenvalue weighted by Crippen LogP contribution is -2.07. The van der Waals surface area contributed by atoms with E-state index in [0.717, 1.165) is 35.6 Å². The Kier molecular flexibility index (Phi) is 2.32. The molecule has 0 radical (unpaired) electrons. The number of rotatable bonds is 3. The van der Waals surface area contributed by atoms with E-state index in [-0.39, 0.29) is 0 Å². The molecule has 0 spiro atoms. The van der Waals surface area contributed by atoms with Gasteiger partial charge in [0.25, 0.3) is 0 Å². The third-order valence-corrected chi connectivity index (χ3v) is 2.95. The maximum Gasteiger partial charge on any atom is 0.126 e. The van der Waals surface area contributed by atoms with Crippen molar-refractivity contribution < 1.29 is 0 Å². The van der Waals surface area contributed by atoms with Gasteiger partial charge in [0.05, 0.1) is 11.4 Å². The number of aromatic nitrogens is 1. The number of nitrogens with zero attached hydrogens (tertiary/aromatic N) is 1. The van der Waals surface area contributed by atoms with Crippen molar-refractivity contribution in [2.45, 2.75) is 20.3 Å². The van der Waals surface area contributed by atoms with Crippen LogP contribution in [-0.2, 0) is 0 Å². The zero-order chi connectivity index (χ0) is 10.1. The molecule has 1 fully saturated rings. The summed E-state index contributed by atoms with van der Waals surface area (Å²) in [4.78, 5) is 4.36. The minimum atomic E-state index is 0.760. The molecule has 1 saturated carbocycles. The highest BCUT2D eigenvalue weighted by Gasteiger charge is 2.31. The lowest BCUT2D eigenvalue weighted by Gasteiger charge is -2.06. The molecule has 0 bridgehead atoms. The molecule has 1 aromatic rings. The van der Waals surface area contributed by atoms with E-state index in [1.165, 1.54) is 6.42 Å². The van der Waals surface area contributed by atoms with E-state index in [4.69, 9.17) is 5.73 Å². The van der Waals surface area contributed by atoms with E-state index in [2.05, 4.69) is 17.2 Å². The normalized spacial score (nSPS) is 24.7. The lowest BCUT2D eigenvalue weighted by atomic mass is 10.3. The summed E-state index contributed by atoms with van der Waals surface area (Å²) in [7, 11) is 0. The van der Waals surface area contributed by atoms with Gasteiger partial charge >= 0.3 is 0 Å². The van der Waals surface area contributed by atoms with Gasteiger partial charge in [-0.25, -0.2) is 4.98 Å². The first kappa shape index (κ1) is 9.31. The minimum Gasteiger partial charge on any atom is -0.397 e. The Labute approximate surface area is 84.7 Å². The molecule has 1 heterocycles. The second kappa shape index (κ2) is 3.48. The van der Waals surface area contributed by atoms with Crippen molar-refractivity contribution in [1.82, 2.24) is 4.98 Å². The van der Waals surface area contributed by atoms with Crippen LogP contribution in [-0.4, -0.2) is 11.5 Å². The zero-order valence-corrected chi connectivity index (χ0v) is 8.75. The van der Waals surface area contributed by atoms with Crippen LogP contribution in [0.1, 0.15) is 19.0 Å². The van der Waals surface area contributed by atoms with Crippen LogP contribution in [0, 0.1) is 18.8 Å². The van der Waals surface area contributed by atoms with Crippen molar-refractivity contribution >= 4 is 11.5 Å². The number of aryl methyl sites for hydroxylation is 1. The molecule has 1 aromatic heterocycles. The van der Waals surface area contributed by atoms with Crippen LogP contribution in [0.15, 0.2) is 12.1 Å². The third-order valence-electron chi connectivity index (χ3n) is 2.95. The van der Waals surface area contributed by atoms with Crippen LogP contribution >= 0.6 is 0 Å². The number of hydrogen-bond acceptors (Lipinski definition) is 3. The fraction of sp³-hybridized carbons (Fsp3) is 0.545. The molecule has 0 aliphatic heterocycles. The Hall–Kier alpha value is -1.25. The van der Waals surface area contributed by atoms with Gasteiger partial charge in [-0.15, -0.1) is 0 Å². The molecule has 1 aliphatic carbocycles. The van der Waals surface area contributed by atoms with Crippen molar-refractivity contribution in [2.75, 3.05) is 17.6 Å². The Bertz CT molecular complexity index is 335. The summed E-state index contributed by atoms with van der Waals surface area (Å²) in [6.45, 7) is 5.26. The van der Waals surface area contributed by atoms with Gasteiger partial charge in [0.2, 0.25) is 0 Å². The monoisotopic (exact) mass is 191 g/mol. The predicted molar refractivity (Wildman–Crippen MR) is 59.1 cm³/mol. The molecule has 14 heavy (non-hydrogen) atoms. The van der Waals surface area contributed by atoms with E-state index in [1.807, 2.05) is 19.1 Å². The molecule has 3 N–H and O–H groups in total. The third kappa shape index (κ3) is 1.97. The van der Waals surface area contributed by atoms with Gasteiger partial charge in [-0.3, -0.25) is 0 Å². The van der Waals surface area contributed by atoms with Gasteiger partial charge in [0.15, 0.2) is 0 Å². The molecule has 3 nitrogen and oxygen atoms in total. The first-order chi connectivity index (χ1) is 6.66.